The van der Waals surface area contributed by atoms with Crippen LogP contribution in [0.5, 0.6) is 5.75 Å². The molecule has 7 nitrogen and oxygen atoms in total. The van der Waals surface area contributed by atoms with Crippen molar-refractivity contribution in [3.63, 3.8) is 0 Å². The Labute approximate surface area is 125 Å². The highest BCUT2D eigenvalue weighted by molar-refractivity contribution is 6.31. The lowest BCUT2D eigenvalue weighted by Crippen LogP contribution is -2.05. The number of aliphatic hydroxyl groups is 1. The Morgan fingerprint density at radius 3 is 2.76 bits per heavy atom. The Hall–Kier alpha value is -2.12. The molecule has 1 aromatic carbocycles. The predicted octanol–water partition coefficient (Wildman–Crippen LogP) is 2.36. The summed E-state index contributed by atoms with van der Waals surface area (Å²) in [6, 6.07) is 4.22. The van der Waals surface area contributed by atoms with Crippen LogP contribution in [0.15, 0.2) is 18.2 Å². The largest absolute Gasteiger partial charge is 0.480 e. The van der Waals surface area contributed by atoms with Gasteiger partial charge in [-0.3, -0.25) is 14.8 Å². The number of nitro benzene ring substituents is 1. The normalized spacial score (nSPS) is 10.7. The molecule has 0 unspecified atom stereocenters. The monoisotopic (exact) mass is 311 g/mol. The minimum atomic E-state index is -0.535. The zero-order valence-corrected chi connectivity index (χ0v) is 12.3. The first-order valence-corrected chi connectivity index (χ1v) is 6.50. The highest BCUT2D eigenvalue weighted by Crippen LogP contribution is 2.30. The lowest BCUT2D eigenvalue weighted by atomic mass is 10.2. The topological polar surface area (TPSA) is 90.4 Å². The molecule has 1 N–H and O–H groups in total. The summed E-state index contributed by atoms with van der Waals surface area (Å²) in [6.45, 7) is 1.59. The van der Waals surface area contributed by atoms with E-state index in [2.05, 4.69) is 5.10 Å². The molecule has 0 saturated carbocycles. The smallest absolute Gasteiger partial charge is 0.310 e. The van der Waals surface area contributed by atoms with Gasteiger partial charge in [0.25, 0.3) is 0 Å². The van der Waals surface area contributed by atoms with Crippen LogP contribution in [-0.2, 0) is 20.3 Å². The van der Waals surface area contributed by atoms with Gasteiger partial charge in [0.2, 0.25) is 0 Å². The molecule has 0 aliphatic heterocycles. The second-order valence-electron chi connectivity index (χ2n) is 4.48. The molecule has 2 rings (SSSR count). The average Bonchev–Trinajstić information content (AvgIpc) is 2.69. The van der Waals surface area contributed by atoms with Gasteiger partial charge in [0.15, 0.2) is 5.75 Å². The van der Waals surface area contributed by atoms with Gasteiger partial charge in [-0.1, -0.05) is 11.6 Å². The van der Waals surface area contributed by atoms with E-state index in [0.29, 0.717) is 22.0 Å². The summed E-state index contributed by atoms with van der Waals surface area (Å²) in [5, 5.41) is 24.7. The van der Waals surface area contributed by atoms with E-state index >= 15 is 0 Å². The van der Waals surface area contributed by atoms with Gasteiger partial charge in [0.1, 0.15) is 6.61 Å². The third kappa shape index (κ3) is 3.14. The highest BCUT2D eigenvalue weighted by atomic mass is 35.5. The summed E-state index contributed by atoms with van der Waals surface area (Å²) in [5.74, 6) is 0.0847. The van der Waals surface area contributed by atoms with Crippen molar-refractivity contribution in [1.82, 2.24) is 9.78 Å². The fourth-order valence-electron chi connectivity index (χ4n) is 1.91. The number of nitro groups is 1. The van der Waals surface area contributed by atoms with Gasteiger partial charge in [-0.2, -0.15) is 5.10 Å². The molecule has 8 heteroatoms. The Bertz CT molecular complexity index is 684. The second-order valence-corrected chi connectivity index (χ2v) is 4.85. The Morgan fingerprint density at radius 1 is 1.52 bits per heavy atom. The quantitative estimate of drug-likeness (QED) is 0.676. The zero-order chi connectivity index (χ0) is 15.6. The number of aryl methyl sites for hydroxylation is 2. The molecular formula is C13H14ClN3O4. The molecule has 0 radical (unpaired) electrons. The van der Waals surface area contributed by atoms with Crippen LogP contribution in [0.3, 0.4) is 0 Å². The average molecular weight is 312 g/mol. The van der Waals surface area contributed by atoms with E-state index in [-0.39, 0.29) is 24.7 Å². The van der Waals surface area contributed by atoms with E-state index < -0.39 is 4.92 Å². The van der Waals surface area contributed by atoms with E-state index in [1.165, 1.54) is 18.2 Å². The Morgan fingerprint density at radius 2 is 2.24 bits per heavy atom. The standard InChI is InChI=1S/C13H14ClN3O4/c1-8-13(14)11(16(2)15-8)7-21-12-5-9(6-18)3-4-10(12)17(19)20/h3-5,18H,6-7H2,1-2H3. The number of benzene rings is 1. The van der Waals surface area contributed by atoms with Gasteiger partial charge in [0, 0.05) is 13.1 Å². The van der Waals surface area contributed by atoms with Crippen molar-refractivity contribution in [3.8, 4) is 5.75 Å². The molecule has 0 amide bonds. The minimum absolute atomic E-state index is 0.0475. The molecule has 112 valence electrons. The third-order valence-electron chi connectivity index (χ3n) is 3.03. The summed E-state index contributed by atoms with van der Waals surface area (Å²) in [7, 11) is 1.72. The van der Waals surface area contributed by atoms with E-state index in [9.17, 15) is 10.1 Å². The molecule has 0 fully saturated rings. The Kier molecular flexibility index (Phi) is 4.44. The molecule has 21 heavy (non-hydrogen) atoms. The molecule has 1 aromatic heterocycles. The maximum absolute atomic E-state index is 11.0. The number of aromatic nitrogens is 2. The van der Waals surface area contributed by atoms with E-state index in [1.54, 1.807) is 18.7 Å². The lowest BCUT2D eigenvalue weighted by molar-refractivity contribution is -0.386. The van der Waals surface area contributed by atoms with Crippen LogP contribution >= 0.6 is 11.6 Å². The first kappa shape index (κ1) is 15.3. The van der Waals surface area contributed by atoms with Crippen LogP contribution in [-0.4, -0.2) is 19.8 Å². The summed E-state index contributed by atoms with van der Waals surface area (Å²) < 4.78 is 7.07. The van der Waals surface area contributed by atoms with E-state index in [1.807, 2.05) is 0 Å². The maximum atomic E-state index is 11.0. The SMILES string of the molecule is Cc1nn(C)c(COc2cc(CO)ccc2[N+](=O)[O-])c1Cl. The molecule has 0 aliphatic carbocycles. The zero-order valence-electron chi connectivity index (χ0n) is 11.5. The molecular weight excluding hydrogens is 298 g/mol. The minimum Gasteiger partial charge on any atom is -0.480 e. The molecule has 0 aliphatic rings. The molecule has 0 bridgehead atoms. The fraction of sp³-hybridized carbons (Fsp3) is 0.308. The number of ether oxygens (including phenoxy) is 1. The van der Waals surface area contributed by atoms with E-state index in [0.717, 1.165) is 0 Å². The van der Waals surface area contributed by atoms with E-state index in [4.69, 9.17) is 21.4 Å². The molecule has 1 heterocycles. The molecule has 0 atom stereocenters. The fourth-order valence-corrected chi connectivity index (χ4v) is 2.12. The number of nitrogens with zero attached hydrogens (tertiary/aromatic N) is 3. The number of halogens is 1. The van der Waals surface area contributed by atoms with Crippen molar-refractivity contribution < 1.29 is 14.8 Å². The third-order valence-corrected chi connectivity index (χ3v) is 3.52. The first-order valence-electron chi connectivity index (χ1n) is 6.13. The van der Waals surface area contributed by atoms with Crippen LogP contribution in [0.1, 0.15) is 17.0 Å². The van der Waals surface area contributed by atoms with Crippen molar-refractivity contribution in [3.05, 3.63) is 50.3 Å². The first-order chi connectivity index (χ1) is 9.93. The summed E-state index contributed by atoms with van der Waals surface area (Å²) in [4.78, 5) is 10.5. The van der Waals surface area contributed by atoms with Crippen LogP contribution in [0, 0.1) is 17.0 Å². The van der Waals surface area contributed by atoms with Crippen LogP contribution in [0.25, 0.3) is 0 Å². The summed E-state index contributed by atoms with van der Waals surface area (Å²) in [6.07, 6.45) is 0. The molecule has 2 aromatic rings. The van der Waals surface area contributed by atoms with Gasteiger partial charge >= 0.3 is 5.69 Å². The van der Waals surface area contributed by atoms with Crippen LogP contribution < -0.4 is 4.74 Å². The second kappa shape index (κ2) is 6.11. The van der Waals surface area contributed by atoms with Crippen molar-refractivity contribution >= 4 is 17.3 Å². The lowest BCUT2D eigenvalue weighted by Gasteiger charge is -2.08. The van der Waals surface area contributed by atoms with Crippen molar-refractivity contribution in [2.75, 3.05) is 0 Å². The van der Waals surface area contributed by atoms with Gasteiger partial charge in [0.05, 0.1) is 27.9 Å². The number of hydrogen-bond donors (Lipinski definition) is 1. The van der Waals surface area contributed by atoms with Crippen molar-refractivity contribution in [2.45, 2.75) is 20.1 Å². The summed E-state index contributed by atoms with van der Waals surface area (Å²) in [5.41, 5.74) is 1.65. The van der Waals surface area contributed by atoms with Gasteiger partial charge in [-0.05, 0) is 24.6 Å². The van der Waals surface area contributed by atoms with Crippen molar-refractivity contribution in [1.29, 1.82) is 0 Å². The number of aliphatic hydroxyl groups excluding tert-OH is 1. The molecule has 0 saturated heterocycles. The van der Waals surface area contributed by atoms with Crippen LogP contribution in [0.2, 0.25) is 5.02 Å². The predicted molar refractivity (Wildman–Crippen MR) is 76.3 cm³/mol. The summed E-state index contributed by atoms with van der Waals surface area (Å²) >= 11 is 6.10. The van der Waals surface area contributed by atoms with Gasteiger partial charge in [-0.25, -0.2) is 0 Å². The highest BCUT2D eigenvalue weighted by Gasteiger charge is 2.18. The molecule has 0 spiro atoms. The van der Waals surface area contributed by atoms with Crippen molar-refractivity contribution in [2.24, 2.45) is 7.05 Å². The Balaban J connectivity index is 2.28. The maximum Gasteiger partial charge on any atom is 0.310 e. The van der Waals surface area contributed by atoms with Gasteiger partial charge in [-0.15, -0.1) is 0 Å². The number of hydrogen-bond acceptors (Lipinski definition) is 5. The number of rotatable bonds is 5. The van der Waals surface area contributed by atoms with Gasteiger partial charge < -0.3 is 9.84 Å². The van der Waals surface area contributed by atoms with Crippen LogP contribution in [0.4, 0.5) is 5.69 Å².